The lowest BCUT2D eigenvalue weighted by Gasteiger charge is -2.01. The number of benzene rings is 2. The van der Waals surface area contributed by atoms with Crippen LogP contribution in [0.4, 0.5) is 5.69 Å². The lowest BCUT2D eigenvalue weighted by Crippen LogP contribution is -2.03. The number of para-hydroxylation sites is 1. The van der Waals surface area contributed by atoms with Gasteiger partial charge in [-0.2, -0.15) is 0 Å². The largest absolute Gasteiger partial charge is 0.508 e. The van der Waals surface area contributed by atoms with Crippen LogP contribution in [0.1, 0.15) is 11.3 Å². The second kappa shape index (κ2) is 4.70. The highest BCUT2D eigenvalue weighted by atomic mass is 16.3. The van der Waals surface area contributed by atoms with Crippen molar-refractivity contribution in [2.45, 2.75) is 0 Å². The minimum atomic E-state index is -0.185. The van der Waals surface area contributed by atoms with Crippen molar-refractivity contribution in [2.75, 3.05) is 5.32 Å². The van der Waals surface area contributed by atoms with Crippen LogP contribution in [0.15, 0.2) is 54.6 Å². The average Bonchev–Trinajstić information content (AvgIpc) is 2.83. The minimum Gasteiger partial charge on any atom is -0.508 e. The summed E-state index contributed by atoms with van der Waals surface area (Å²) in [7, 11) is 0. The Morgan fingerprint density at radius 1 is 1.05 bits per heavy atom. The van der Waals surface area contributed by atoms with Crippen LogP contribution in [0.2, 0.25) is 0 Å². The number of phenolic OH excluding ortho intramolecular Hbond substituents is 1. The summed E-state index contributed by atoms with van der Waals surface area (Å²) in [5.74, 6) is -0.0526. The zero-order chi connectivity index (χ0) is 15.1. The van der Waals surface area contributed by atoms with Gasteiger partial charge in [0, 0.05) is 16.6 Å². The molecule has 4 rings (SSSR count). The average molecular weight is 288 g/mol. The highest BCUT2D eigenvalue weighted by molar-refractivity contribution is 6.34. The molecule has 0 spiro atoms. The van der Waals surface area contributed by atoms with Gasteiger partial charge in [0.1, 0.15) is 5.75 Å². The summed E-state index contributed by atoms with van der Waals surface area (Å²) in [4.78, 5) is 16.7. The Kier molecular flexibility index (Phi) is 2.69. The van der Waals surface area contributed by atoms with E-state index in [1.165, 1.54) is 0 Å². The third-order valence-corrected chi connectivity index (χ3v) is 3.70. The number of anilines is 1. The summed E-state index contributed by atoms with van der Waals surface area (Å²) >= 11 is 0. The number of hydrogen-bond acceptors (Lipinski definition) is 3. The van der Waals surface area contributed by atoms with Crippen molar-refractivity contribution in [3.63, 3.8) is 0 Å². The molecule has 106 valence electrons. The van der Waals surface area contributed by atoms with Gasteiger partial charge in [0.2, 0.25) is 0 Å². The normalized spacial score (nSPS) is 15.1. The molecular formula is C18H12N2O2. The standard InChI is InChI=1S/C18H12N2O2/c21-13-7-8-17-14(10-13)15(18(22)20-17)9-12-6-5-11-3-1-2-4-16(11)19-12/h1-10,21H,(H,20,22). The highest BCUT2D eigenvalue weighted by Crippen LogP contribution is 2.35. The maximum absolute atomic E-state index is 12.1. The fourth-order valence-electron chi connectivity index (χ4n) is 2.63. The molecule has 0 unspecified atom stereocenters. The zero-order valence-corrected chi connectivity index (χ0v) is 11.6. The molecule has 0 saturated carbocycles. The van der Waals surface area contributed by atoms with Crippen LogP contribution >= 0.6 is 0 Å². The van der Waals surface area contributed by atoms with E-state index in [4.69, 9.17) is 0 Å². The molecule has 4 nitrogen and oxygen atoms in total. The number of carbonyl (C=O) groups excluding carboxylic acids is 1. The lowest BCUT2D eigenvalue weighted by molar-refractivity contribution is -0.110. The van der Waals surface area contributed by atoms with Crippen molar-refractivity contribution in [3.8, 4) is 5.75 Å². The Labute approximate surface area is 126 Å². The maximum Gasteiger partial charge on any atom is 0.256 e. The van der Waals surface area contributed by atoms with Crippen molar-refractivity contribution in [1.82, 2.24) is 4.98 Å². The van der Waals surface area contributed by atoms with Gasteiger partial charge in [-0.05, 0) is 36.4 Å². The van der Waals surface area contributed by atoms with Crippen LogP contribution in [0.25, 0.3) is 22.6 Å². The molecule has 2 aromatic carbocycles. The quantitative estimate of drug-likeness (QED) is 0.532. The molecule has 4 heteroatoms. The third kappa shape index (κ3) is 2.02. The van der Waals surface area contributed by atoms with E-state index in [0.29, 0.717) is 22.5 Å². The van der Waals surface area contributed by atoms with Gasteiger partial charge < -0.3 is 10.4 Å². The van der Waals surface area contributed by atoms with Crippen LogP contribution in [0, 0.1) is 0 Å². The Hall–Kier alpha value is -3.14. The van der Waals surface area contributed by atoms with E-state index < -0.39 is 0 Å². The zero-order valence-electron chi connectivity index (χ0n) is 11.6. The molecule has 1 amide bonds. The number of amides is 1. The number of aromatic nitrogens is 1. The van der Waals surface area contributed by atoms with Crippen LogP contribution < -0.4 is 5.32 Å². The number of rotatable bonds is 1. The van der Waals surface area contributed by atoms with Gasteiger partial charge in [0.15, 0.2) is 0 Å². The third-order valence-electron chi connectivity index (χ3n) is 3.70. The van der Waals surface area contributed by atoms with E-state index in [1.54, 1.807) is 24.3 Å². The predicted octanol–water partition coefficient (Wildman–Crippen LogP) is 3.43. The second-order valence-corrected chi connectivity index (χ2v) is 5.17. The fourth-order valence-corrected chi connectivity index (χ4v) is 2.63. The number of aromatic hydroxyl groups is 1. The Morgan fingerprint density at radius 3 is 2.82 bits per heavy atom. The van der Waals surface area contributed by atoms with E-state index in [9.17, 15) is 9.90 Å². The number of nitrogens with zero attached hydrogens (tertiary/aromatic N) is 1. The molecule has 0 atom stereocenters. The molecule has 3 aromatic rings. The van der Waals surface area contributed by atoms with Crippen LogP contribution in [0.5, 0.6) is 5.75 Å². The van der Waals surface area contributed by atoms with Gasteiger partial charge in [0.05, 0.1) is 16.8 Å². The van der Waals surface area contributed by atoms with Gasteiger partial charge in [-0.25, -0.2) is 4.98 Å². The predicted molar refractivity (Wildman–Crippen MR) is 86.4 cm³/mol. The van der Waals surface area contributed by atoms with Gasteiger partial charge in [-0.3, -0.25) is 4.79 Å². The van der Waals surface area contributed by atoms with Crippen molar-refractivity contribution in [1.29, 1.82) is 0 Å². The molecule has 0 aliphatic carbocycles. The minimum absolute atomic E-state index is 0.132. The molecule has 0 saturated heterocycles. The number of phenols is 1. The van der Waals surface area contributed by atoms with Gasteiger partial charge in [-0.15, -0.1) is 0 Å². The van der Waals surface area contributed by atoms with E-state index in [-0.39, 0.29) is 11.7 Å². The van der Waals surface area contributed by atoms with Gasteiger partial charge in [-0.1, -0.05) is 24.3 Å². The van der Waals surface area contributed by atoms with Gasteiger partial charge >= 0.3 is 0 Å². The Morgan fingerprint density at radius 2 is 1.91 bits per heavy atom. The van der Waals surface area contributed by atoms with Crippen LogP contribution in [-0.2, 0) is 4.79 Å². The van der Waals surface area contributed by atoms with Crippen LogP contribution in [0.3, 0.4) is 0 Å². The molecule has 22 heavy (non-hydrogen) atoms. The monoisotopic (exact) mass is 288 g/mol. The molecule has 1 aromatic heterocycles. The van der Waals surface area contributed by atoms with Crippen molar-refractivity contribution in [2.24, 2.45) is 0 Å². The summed E-state index contributed by atoms with van der Waals surface area (Å²) in [5, 5.41) is 13.5. The molecule has 0 bridgehead atoms. The summed E-state index contributed by atoms with van der Waals surface area (Å²) in [6.45, 7) is 0. The van der Waals surface area contributed by atoms with E-state index in [1.807, 2.05) is 36.4 Å². The second-order valence-electron chi connectivity index (χ2n) is 5.17. The molecule has 1 aliphatic heterocycles. The molecule has 0 fully saturated rings. The number of hydrogen-bond donors (Lipinski definition) is 2. The summed E-state index contributed by atoms with van der Waals surface area (Å²) in [5.41, 5.74) is 3.50. The summed E-state index contributed by atoms with van der Waals surface area (Å²) in [6, 6.07) is 16.5. The SMILES string of the molecule is O=C1Nc2ccc(O)cc2C1=Cc1ccc2ccccc2n1. The molecule has 0 radical (unpaired) electrons. The summed E-state index contributed by atoms with van der Waals surface area (Å²) in [6.07, 6.45) is 1.74. The van der Waals surface area contributed by atoms with Gasteiger partial charge in [0.25, 0.3) is 5.91 Å². The van der Waals surface area contributed by atoms with E-state index in [0.717, 1.165) is 10.9 Å². The number of carbonyl (C=O) groups is 1. The lowest BCUT2D eigenvalue weighted by atomic mass is 10.1. The van der Waals surface area contributed by atoms with Crippen molar-refractivity contribution >= 4 is 34.1 Å². The first-order valence-electron chi connectivity index (χ1n) is 6.93. The topological polar surface area (TPSA) is 62.2 Å². The maximum atomic E-state index is 12.1. The first-order chi connectivity index (χ1) is 10.7. The molecule has 1 aliphatic rings. The van der Waals surface area contributed by atoms with E-state index >= 15 is 0 Å². The molecule has 2 heterocycles. The van der Waals surface area contributed by atoms with E-state index in [2.05, 4.69) is 10.3 Å². The molecular weight excluding hydrogens is 276 g/mol. The smallest absolute Gasteiger partial charge is 0.256 e. The first-order valence-corrected chi connectivity index (χ1v) is 6.93. The van der Waals surface area contributed by atoms with Crippen molar-refractivity contribution < 1.29 is 9.90 Å². The van der Waals surface area contributed by atoms with Crippen molar-refractivity contribution in [3.05, 3.63) is 65.9 Å². The molecule has 2 N–H and O–H groups in total. The Balaban J connectivity index is 1.85. The summed E-state index contributed by atoms with van der Waals surface area (Å²) < 4.78 is 0. The number of nitrogens with one attached hydrogen (secondary N) is 1. The van der Waals surface area contributed by atoms with Crippen LogP contribution in [-0.4, -0.2) is 16.0 Å². The fraction of sp³-hybridized carbons (Fsp3) is 0. The highest BCUT2D eigenvalue weighted by Gasteiger charge is 2.24. The first kappa shape index (κ1) is 12.6. The Bertz CT molecular complexity index is 945. The number of pyridine rings is 1. The number of fused-ring (bicyclic) bond motifs is 2.